The summed E-state index contributed by atoms with van der Waals surface area (Å²) >= 11 is 0. The molecule has 2 atom stereocenters. The van der Waals surface area contributed by atoms with Gasteiger partial charge in [-0.1, -0.05) is 30.3 Å². The van der Waals surface area contributed by atoms with Crippen molar-refractivity contribution in [1.82, 2.24) is 5.32 Å². The Bertz CT molecular complexity index is 518. The second kappa shape index (κ2) is 8.78. The number of carbonyl (C=O) groups is 3. The van der Waals surface area contributed by atoms with Crippen molar-refractivity contribution in [3.8, 4) is 0 Å². The zero-order valence-corrected chi connectivity index (χ0v) is 12.3. The van der Waals surface area contributed by atoms with Gasteiger partial charge in [-0.3, -0.25) is 14.4 Å². The highest BCUT2D eigenvalue weighted by molar-refractivity contribution is 5.86. The lowest BCUT2D eigenvalue weighted by Crippen LogP contribution is -2.47. The lowest BCUT2D eigenvalue weighted by Gasteiger charge is -2.20. The maximum Gasteiger partial charge on any atom is 0.307 e. The van der Waals surface area contributed by atoms with Gasteiger partial charge < -0.3 is 20.9 Å². The number of carboxylic acid groups (broad SMARTS) is 1. The minimum atomic E-state index is -1.16. The molecule has 0 saturated heterocycles. The van der Waals surface area contributed by atoms with Gasteiger partial charge in [0.05, 0.1) is 26.0 Å². The van der Waals surface area contributed by atoms with Gasteiger partial charge in [0.1, 0.15) is 0 Å². The molecule has 0 aliphatic heterocycles. The van der Waals surface area contributed by atoms with Crippen LogP contribution in [0.15, 0.2) is 30.3 Å². The molecular weight excluding hydrogens is 288 g/mol. The number of methoxy groups -OCH3 is 1. The molecule has 1 amide bonds. The van der Waals surface area contributed by atoms with Crippen molar-refractivity contribution in [3.63, 3.8) is 0 Å². The summed E-state index contributed by atoms with van der Waals surface area (Å²) in [5.41, 5.74) is 6.45. The van der Waals surface area contributed by atoms with Gasteiger partial charge in [-0.2, -0.15) is 0 Å². The summed E-state index contributed by atoms with van der Waals surface area (Å²) < 4.78 is 4.61. The topological polar surface area (TPSA) is 119 Å². The average Bonchev–Trinajstić information content (AvgIpc) is 2.47. The molecule has 120 valence electrons. The van der Waals surface area contributed by atoms with Gasteiger partial charge in [-0.25, -0.2) is 0 Å². The second-order valence-corrected chi connectivity index (χ2v) is 4.88. The highest BCUT2D eigenvalue weighted by atomic mass is 16.5. The SMILES string of the molecule is COC(=O)C[C@@H](Cc1ccccc1)NC(=O)[C@@H](N)CC(=O)O. The highest BCUT2D eigenvalue weighted by Crippen LogP contribution is 2.07. The number of hydrogen-bond donors (Lipinski definition) is 3. The quantitative estimate of drug-likeness (QED) is 0.585. The first-order valence-electron chi connectivity index (χ1n) is 6.81. The van der Waals surface area contributed by atoms with Gasteiger partial charge in [0, 0.05) is 6.04 Å². The van der Waals surface area contributed by atoms with E-state index in [1.54, 1.807) is 0 Å². The van der Waals surface area contributed by atoms with Crippen LogP contribution in [0.25, 0.3) is 0 Å². The molecule has 0 aliphatic rings. The summed E-state index contributed by atoms with van der Waals surface area (Å²) in [6.07, 6.45) is -0.0689. The molecule has 0 aromatic heterocycles. The van der Waals surface area contributed by atoms with Crippen LogP contribution in [0.5, 0.6) is 0 Å². The van der Waals surface area contributed by atoms with E-state index in [0.717, 1.165) is 5.56 Å². The third kappa shape index (κ3) is 6.36. The molecule has 0 radical (unpaired) electrons. The number of aliphatic carboxylic acids is 1. The standard InChI is InChI=1S/C15H20N2O5/c1-22-14(20)8-11(7-10-5-3-2-4-6-10)17-15(21)12(16)9-13(18)19/h2-6,11-12H,7-9,16H2,1H3,(H,17,21)(H,18,19)/t11-,12+/m1/s1. The van der Waals surface area contributed by atoms with E-state index in [9.17, 15) is 14.4 Å². The largest absolute Gasteiger partial charge is 0.481 e. The molecular formula is C15H20N2O5. The van der Waals surface area contributed by atoms with Gasteiger partial charge >= 0.3 is 11.9 Å². The summed E-state index contributed by atoms with van der Waals surface area (Å²) in [7, 11) is 1.26. The fourth-order valence-electron chi connectivity index (χ4n) is 1.95. The molecule has 1 aromatic rings. The Labute approximate surface area is 128 Å². The summed E-state index contributed by atoms with van der Waals surface area (Å²) in [5.74, 6) is -2.23. The first-order valence-corrected chi connectivity index (χ1v) is 6.81. The summed E-state index contributed by atoms with van der Waals surface area (Å²) in [6, 6.07) is 7.63. The van der Waals surface area contributed by atoms with Crippen molar-refractivity contribution in [2.75, 3.05) is 7.11 Å². The van der Waals surface area contributed by atoms with Crippen LogP contribution in [0, 0.1) is 0 Å². The molecule has 7 nitrogen and oxygen atoms in total. The average molecular weight is 308 g/mol. The summed E-state index contributed by atoms with van der Waals surface area (Å²) in [5, 5.41) is 11.3. The molecule has 7 heteroatoms. The van der Waals surface area contributed by atoms with Crippen LogP contribution in [0.1, 0.15) is 18.4 Å². The molecule has 0 bridgehead atoms. The molecule has 0 heterocycles. The first-order chi connectivity index (χ1) is 10.4. The highest BCUT2D eigenvalue weighted by Gasteiger charge is 2.22. The number of nitrogens with two attached hydrogens (primary N) is 1. The van der Waals surface area contributed by atoms with E-state index in [-0.39, 0.29) is 6.42 Å². The predicted octanol–water partition coefficient (Wildman–Crippen LogP) is 0.0790. The maximum atomic E-state index is 11.9. The Kier molecular flexibility index (Phi) is 7.04. The Hall–Kier alpha value is -2.41. The van der Waals surface area contributed by atoms with Gasteiger partial charge in [-0.05, 0) is 12.0 Å². The third-order valence-electron chi connectivity index (χ3n) is 3.04. The smallest absolute Gasteiger partial charge is 0.307 e. The fraction of sp³-hybridized carbons (Fsp3) is 0.400. The number of esters is 1. The summed E-state index contributed by atoms with van der Waals surface area (Å²) in [4.78, 5) is 33.9. The number of rotatable bonds is 8. The molecule has 1 aromatic carbocycles. The van der Waals surface area contributed by atoms with Gasteiger partial charge in [0.25, 0.3) is 0 Å². The minimum Gasteiger partial charge on any atom is -0.481 e. The lowest BCUT2D eigenvalue weighted by molar-refractivity contribution is -0.142. The Morgan fingerprint density at radius 1 is 1.23 bits per heavy atom. The number of nitrogens with one attached hydrogen (secondary N) is 1. The molecule has 22 heavy (non-hydrogen) atoms. The number of ether oxygens (including phenoxy) is 1. The number of benzene rings is 1. The monoisotopic (exact) mass is 308 g/mol. The third-order valence-corrected chi connectivity index (χ3v) is 3.04. The normalized spacial score (nSPS) is 13.0. The van der Waals surface area contributed by atoms with Crippen molar-refractivity contribution in [1.29, 1.82) is 0 Å². The van der Waals surface area contributed by atoms with E-state index in [4.69, 9.17) is 10.8 Å². The second-order valence-electron chi connectivity index (χ2n) is 4.88. The van der Waals surface area contributed by atoms with E-state index >= 15 is 0 Å². The van der Waals surface area contributed by atoms with Crippen LogP contribution in [0.2, 0.25) is 0 Å². The van der Waals surface area contributed by atoms with Crippen LogP contribution in [-0.4, -0.2) is 42.1 Å². The van der Waals surface area contributed by atoms with Crippen molar-refractivity contribution < 1.29 is 24.2 Å². The van der Waals surface area contributed by atoms with Gasteiger partial charge in [-0.15, -0.1) is 0 Å². The zero-order chi connectivity index (χ0) is 16.5. The van der Waals surface area contributed by atoms with E-state index in [1.807, 2.05) is 30.3 Å². The molecule has 1 rings (SSSR count). The molecule has 4 N–H and O–H groups in total. The minimum absolute atomic E-state index is 0.0169. The maximum absolute atomic E-state index is 11.9. The van der Waals surface area contributed by atoms with Crippen molar-refractivity contribution in [3.05, 3.63) is 35.9 Å². The number of carbonyl (C=O) groups excluding carboxylic acids is 2. The van der Waals surface area contributed by atoms with Crippen LogP contribution in [0.3, 0.4) is 0 Å². The van der Waals surface area contributed by atoms with Crippen molar-refractivity contribution in [2.24, 2.45) is 5.73 Å². The molecule has 0 saturated carbocycles. The van der Waals surface area contributed by atoms with Crippen LogP contribution in [-0.2, 0) is 25.5 Å². The Balaban J connectivity index is 2.71. The van der Waals surface area contributed by atoms with Crippen molar-refractivity contribution >= 4 is 17.8 Å². The Morgan fingerprint density at radius 3 is 2.41 bits per heavy atom. The zero-order valence-electron chi connectivity index (χ0n) is 12.3. The lowest BCUT2D eigenvalue weighted by atomic mass is 10.0. The van der Waals surface area contributed by atoms with Gasteiger partial charge in [0.2, 0.25) is 5.91 Å². The predicted molar refractivity (Wildman–Crippen MR) is 78.9 cm³/mol. The fourth-order valence-corrected chi connectivity index (χ4v) is 1.95. The van der Waals surface area contributed by atoms with Crippen LogP contribution in [0.4, 0.5) is 0 Å². The summed E-state index contributed by atoms with van der Waals surface area (Å²) in [6.45, 7) is 0. The Morgan fingerprint density at radius 2 is 1.86 bits per heavy atom. The van der Waals surface area contributed by atoms with E-state index in [1.165, 1.54) is 7.11 Å². The number of carboxylic acids is 1. The molecule has 0 spiro atoms. The number of hydrogen-bond acceptors (Lipinski definition) is 5. The first kappa shape index (κ1) is 17.6. The van der Waals surface area contributed by atoms with E-state index < -0.39 is 36.4 Å². The molecule has 0 unspecified atom stereocenters. The molecule has 0 fully saturated rings. The molecule has 0 aliphatic carbocycles. The van der Waals surface area contributed by atoms with Crippen LogP contribution < -0.4 is 11.1 Å². The van der Waals surface area contributed by atoms with Crippen molar-refractivity contribution in [2.45, 2.75) is 31.3 Å². The van der Waals surface area contributed by atoms with E-state index in [2.05, 4.69) is 10.1 Å². The van der Waals surface area contributed by atoms with E-state index in [0.29, 0.717) is 6.42 Å². The van der Waals surface area contributed by atoms with Gasteiger partial charge in [0.15, 0.2) is 0 Å². The van der Waals surface area contributed by atoms with Crippen LogP contribution >= 0.6 is 0 Å². The number of amides is 1.